The first-order valence-electron chi connectivity index (χ1n) is 3.38. The molecular formula is C9H11NO. The molecule has 1 aromatic rings. The predicted molar refractivity (Wildman–Crippen MR) is 46.7 cm³/mol. The maximum atomic E-state index is 11.2. The number of hydrogen-bond donors (Lipinski definition) is 0. The molecule has 2 nitrogen and oxygen atoms in total. The molecule has 11 heavy (non-hydrogen) atoms. The first-order valence-corrected chi connectivity index (χ1v) is 3.38. The Morgan fingerprint density at radius 3 is 2.55 bits per heavy atom. The van der Waals surface area contributed by atoms with Crippen molar-refractivity contribution >= 4 is 13.2 Å². The Morgan fingerprint density at radius 1 is 1.45 bits per heavy atom. The van der Waals surface area contributed by atoms with Gasteiger partial charge in [-0.3, -0.25) is 4.79 Å². The molecule has 0 saturated carbocycles. The summed E-state index contributed by atoms with van der Waals surface area (Å²) in [6.45, 7) is 9.26. The van der Waals surface area contributed by atoms with Crippen LogP contribution in [0, 0.1) is 6.92 Å². The van der Waals surface area contributed by atoms with Crippen LogP contribution in [0.25, 0.3) is 13.2 Å². The van der Waals surface area contributed by atoms with E-state index in [4.69, 9.17) is 0 Å². The minimum atomic E-state index is 0.00222. The van der Waals surface area contributed by atoms with E-state index in [2.05, 4.69) is 13.2 Å². The molecule has 0 aromatic carbocycles. The van der Waals surface area contributed by atoms with E-state index in [0.29, 0.717) is 10.9 Å². The summed E-state index contributed by atoms with van der Waals surface area (Å²) < 4.78 is 1.51. The second-order valence-corrected chi connectivity index (χ2v) is 2.66. The van der Waals surface area contributed by atoms with Gasteiger partial charge in [-0.1, -0.05) is 13.2 Å². The lowest BCUT2D eigenvalue weighted by Gasteiger charge is -1.99. The molecule has 0 aliphatic heterocycles. The van der Waals surface area contributed by atoms with Crippen molar-refractivity contribution in [3.8, 4) is 0 Å². The molecule has 0 N–H and O–H groups in total. The minimum Gasteiger partial charge on any atom is -0.312 e. The largest absolute Gasteiger partial charge is 0.312 e. The molecule has 1 heterocycles. The van der Waals surface area contributed by atoms with Crippen LogP contribution in [0.1, 0.15) is 5.56 Å². The molecule has 0 aliphatic carbocycles. The summed E-state index contributed by atoms with van der Waals surface area (Å²) in [6.07, 6.45) is 0. The maximum absolute atomic E-state index is 11.2. The van der Waals surface area contributed by atoms with Gasteiger partial charge in [-0.2, -0.15) is 0 Å². The highest BCUT2D eigenvalue weighted by atomic mass is 16.1. The Kier molecular flexibility index (Phi) is 1.69. The third-order valence-corrected chi connectivity index (χ3v) is 1.81. The highest BCUT2D eigenvalue weighted by Crippen LogP contribution is 1.75. The van der Waals surface area contributed by atoms with E-state index in [9.17, 15) is 4.79 Å². The van der Waals surface area contributed by atoms with E-state index in [1.807, 2.05) is 0 Å². The Bertz CT molecular complexity index is 428. The van der Waals surface area contributed by atoms with Crippen LogP contribution in [0.2, 0.25) is 0 Å². The summed E-state index contributed by atoms with van der Waals surface area (Å²) >= 11 is 0. The summed E-state index contributed by atoms with van der Waals surface area (Å²) in [6, 6.07) is 1.75. The van der Waals surface area contributed by atoms with Crippen LogP contribution >= 0.6 is 0 Å². The van der Waals surface area contributed by atoms with Crippen molar-refractivity contribution in [2.24, 2.45) is 7.05 Å². The average Bonchev–Trinajstić information content (AvgIpc) is 1.97. The molecule has 1 aromatic heterocycles. The number of aromatic nitrogens is 1. The number of aryl methyl sites for hydroxylation is 1. The van der Waals surface area contributed by atoms with Crippen LogP contribution in [-0.4, -0.2) is 4.57 Å². The molecule has 0 radical (unpaired) electrons. The maximum Gasteiger partial charge on any atom is 0.253 e. The first kappa shape index (κ1) is 7.79. The van der Waals surface area contributed by atoms with Crippen LogP contribution in [0.4, 0.5) is 0 Å². The summed E-state index contributed by atoms with van der Waals surface area (Å²) in [5, 5.41) is 1.49. The van der Waals surface area contributed by atoms with Gasteiger partial charge in [0.1, 0.15) is 0 Å². The van der Waals surface area contributed by atoms with Crippen LogP contribution < -0.4 is 16.1 Å². The average molecular weight is 149 g/mol. The summed E-state index contributed by atoms with van der Waals surface area (Å²) in [5.41, 5.74) is 0.715. The number of nitrogens with zero attached hydrogens (tertiary/aromatic N) is 1. The molecule has 0 aliphatic rings. The normalized spacial score (nSPS) is 10.0. The molecule has 58 valence electrons. The Balaban J connectivity index is 3.89. The van der Waals surface area contributed by atoms with Crippen molar-refractivity contribution in [3.63, 3.8) is 0 Å². The fraction of sp³-hybridized carbons (Fsp3) is 0.222. The summed E-state index contributed by atoms with van der Waals surface area (Å²) in [4.78, 5) is 11.2. The van der Waals surface area contributed by atoms with E-state index in [1.54, 1.807) is 20.0 Å². The predicted octanol–water partition coefficient (Wildman–Crippen LogP) is -0.486. The third kappa shape index (κ3) is 1.11. The molecule has 0 spiro atoms. The van der Waals surface area contributed by atoms with Crippen molar-refractivity contribution in [2.75, 3.05) is 0 Å². The second-order valence-electron chi connectivity index (χ2n) is 2.66. The van der Waals surface area contributed by atoms with Gasteiger partial charge in [-0.25, -0.2) is 0 Å². The van der Waals surface area contributed by atoms with Crippen LogP contribution in [0.3, 0.4) is 0 Å². The lowest BCUT2D eigenvalue weighted by molar-refractivity contribution is 0.810. The van der Waals surface area contributed by atoms with Gasteiger partial charge in [0, 0.05) is 18.0 Å². The quantitative estimate of drug-likeness (QED) is 0.488. The third-order valence-electron chi connectivity index (χ3n) is 1.81. The zero-order valence-corrected chi connectivity index (χ0v) is 6.85. The molecule has 0 bridgehead atoms. The zero-order valence-electron chi connectivity index (χ0n) is 6.85. The number of rotatable bonds is 0. The molecule has 0 atom stereocenters. The van der Waals surface area contributed by atoms with Gasteiger partial charge in [0.25, 0.3) is 5.56 Å². The standard InChI is InChI=1S/C9H11NO/c1-6-5-7(2)9(11)10(4)8(6)3/h5H,1,3H2,2,4H3. The van der Waals surface area contributed by atoms with Crippen LogP contribution in [0.15, 0.2) is 10.9 Å². The Labute approximate surface area is 65.1 Å². The van der Waals surface area contributed by atoms with Gasteiger partial charge >= 0.3 is 0 Å². The van der Waals surface area contributed by atoms with Crippen LogP contribution in [-0.2, 0) is 7.05 Å². The van der Waals surface area contributed by atoms with Crippen molar-refractivity contribution in [2.45, 2.75) is 6.92 Å². The monoisotopic (exact) mass is 149 g/mol. The fourth-order valence-corrected chi connectivity index (χ4v) is 1.01. The summed E-state index contributed by atoms with van der Waals surface area (Å²) in [5.74, 6) is 0. The van der Waals surface area contributed by atoms with Gasteiger partial charge in [0.15, 0.2) is 0 Å². The topological polar surface area (TPSA) is 22.0 Å². The van der Waals surface area contributed by atoms with E-state index in [-0.39, 0.29) is 5.56 Å². The van der Waals surface area contributed by atoms with E-state index < -0.39 is 0 Å². The van der Waals surface area contributed by atoms with E-state index >= 15 is 0 Å². The minimum absolute atomic E-state index is 0.00222. The number of hydrogen-bond acceptors (Lipinski definition) is 1. The molecular weight excluding hydrogens is 138 g/mol. The molecule has 0 unspecified atom stereocenters. The molecule has 2 heteroatoms. The van der Waals surface area contributed by atoms with Crippen molar-refractivity contribution in [1.29, 1.82) is 0 Å². The molecule has 1 rings (SSSR count). The van der Waals surface area contributed by atoms with E-state index in [0.717, 1.165) is 5.22 Å². The number of pyridine rings is 1. The molecule has 0 amide bonds. The lowest BCUT2D eigenvalue weighted by Crippen LogP contribution is -2.40. The van der Waals surface area contributed by atoms with Crippen molar-refractivity contribution in [3.05, 3.63) is 32.6 Å². The lowest BCUT2D eigenvalue weighted by atomic mass is 10.2. The van der Waals surface area contributed by atoms with Gasteiger partial charge in [0.2, 0.25) is 0 Å². The highest BCUT2D eigenvalue weighted by Gasteiger charge is 1.95. The first-order chi connectivity index (χ1) is 5.04. The smallest absolute Gasteiger partial charge is 0.253 e. The SMILES string of the molecule is C=c1cc(C)c(=O)n(C)c1=C. The van der Waals surface area contributed by atoms with Crippen molar-refractivity contribution < 1.29 is 0 Å². The van der Waals surface area contributed by atoms with Crippen molar-refractivity contribution in [1.82, 2.24) is 4.57 Å². The van der Waals surface area contributed by atoms with Gasteiger partial charge < -0.3 is 4.57 Å². The molecule has 0 saturated heterocycles. The Morgan fingerprint density at radius 2 is 2.00 bits per heavy atom. The van der Waals surface area contributed by atoms with Gasteiger partial charge in [-0.05, 0) is 18.2 Å². The zero-order chi connectivity index (χ0) is 8.59. The highest BCUT2D eigenvalue weighted by molar-refractivity contribution is 5.16. The van der Waals surface area contributed by atoms with Gasteiger partial charge in [-0.15, -0.1) is 0 Å². The summed E-state index contributed by atoms with van der Waals surface area (Å²) in [7, 11) is 1.70. The molecule has 0 fully saturated rings. The fourth-order valence-electron chi connectivity index (χ4n) is 1.01. The Hall–Kier alpha value is -1.31. The second kappa shape index (κ2) is 2.38. The van der Waals surface area contributed by atoms with E-state index in [1.165, 1.54) is 4.57 Å². The van der Waals surface area contributed by atoms with Gasteiger partial charge in [0.05, 0.1) is 0 Å². The van der Waals surface area contributed by atoms with Crippen LogP contribution in [0.5, 0.6) is 0 Å².